The number of carbonyl (C=O) groups excluding carboxylic acids is 4. The number of nitrogens with one attached hydrogen (secondary N) is 1. The number of hydrogen-bond donors (Lipinski definition) is 4. The highest BCUT2D eigenvalue weighted by atomic mass is 16.4. The second-order valence-electron chi connectivity index (χ2n) is 8.69. The van der Waals surface area contributed by atoms with E-state index in [0.717, 1.165) is 0 Å². The van der Waals surface area contributed by atoms with Crippen LogP contribution < -0.4 is 16.8 Å². The Morgan fingerprint density at radius 3 is 2.16 bits per heavy atom. The molecule has 6 N–H and O–H groups in total. The average molecular weight is 440 g/mol. The number of amides is 4. The number of hydrogen-bond acceptors (Lipinski definition) is 6. The van der Waals surface area contributed by atoms with Crippen LogP contribution in [-0.4, -0.2) is 81.8 Å². The Kier molecular flexibility index (Phi) is 8.37. The smallest absolute Gasteiger partial charge is 0.326 e. The zero-order chi connectivity index (χ0) is 23.3. The predicted octanol–water partition coefficient (Wildman–Crippen LogP) is -1.21. The van der Waals surface area contributed by atoms with Gasteiger partial charge in [-0.05, 0) is 38.0 Å². The Bertz CT molecular complexity index is 727. The lowest BCUT2D eigenvalue weighted by molar-refractivity contribution is -0.148. The maximum atomic E-state index is 13.2. The first-order valence-electron chi connectivity index (χ1n) is 10.7. The lowest BCUT2D eigenvalue weighted by Crippen LogP contribution is -2.56. The summed E-state index contributed by atoms with van der Waals surface area (Å²) in [6.07, 6.45) is 2.07. The van der Waals surface area contributed by atoms with Crippen LogP contribution in [0.25, 0.3) is 0 Å². The standard InChI is InChI=1S/C20H33N5O6/c1-11(2)9-12(21)18(28)25-8-4-6-15(25)19(29)24-7-3-5-14(24)17(27)23-13(20(30)31)10-16(22)26/h11-15H,3-10,21H2,1-2H3,(H2,22,26)(H,23,27)(H,30,31). The van der Waals surface area contributed by atoms with Gasteiger partial charge in [-0.1, -0.05) is 13.8 Å². The fraction of sp³-hybridized carbons (Fsp3) is 0.750. The van der Waals surface area contributed by atoms with Gasteiger partial charge in [0.25, 0.3) is 0 Å². The van der Waals surface area contributed by atoms with E-state index in [1.165, 1.54) is 9.80 Å². The Morgan fingerprint density at radius 2 is 1.61 bits per heavy atom. The number of likely N-dealkylation sites (tertiary alicyclic amines) is 2. The highest BCUT2D eigenvalue weighted by molar-refractivity contribution is 5.95. The summed E-state index contributed by atoms with van der Waals surface area (Å²) in [5, 5.41) is 11.5. The van der Waals surface area contributed by atoms with Gasteiger partial charge in [-0.15, -0.1) is 0 Å². The third-order valence-electron chi connectivity index (χ3n) is 5.72. The van der Waals surface area contributed by atoms with Gasteiger partial charge in [0.1, 0.15) is 18.1 Å². The van der Waals surface area contributed by atoms with Crippen molar-refractivity contribution >= 4 is 29.6 Å². The SMILES string of the molecule is CC(C)CC(N)C(=O)N1CCCC1C(=O)N1CCCC1C(=O)NC(CC(N)=O)C(=O)O. The molecule has 11 nitrogen and oxygen atoms in total. The molecule has 4 amide bonds. The van der Waals surface area contributed by atoms with Gasteiger partial charge in [0.05, 0.1) is 12.5 Å². The van der Waals surface area contributed by atoms with Gasteiger partial charge >= 0.3 is 5.97 Å². The van der Waals surface area contributed by atoms with E-state index in [1.54, 1.807) is 0 Å². The van der Waals surface area contributed by atoms with Crippen LogP contribution in [0.4, 0.5) is 0 Å². The number of rotatable bonds is 9. The Balaban J connectivity index is 2.09. The van der Waals surface area contributed by atoms with E-state index >= 15 is 0 Å². The molecule has 2 aliphatic heterocycles. The van der Waals surface area contributed by atoms with Crippen molar-refractivity contribution in [2.75, 3.05) is 13.1 Å². The van der Waals surface area contributed by atoms with Gasteiger partial charge in [-0.3, -0.25) is 19.2 Å². The first-order chi connectivity index (χ1) is 14.5. The summed E-state index contributed by atoms with van der Waals surface area (Å²) >= 11 is 0. The molecule has 2 fully saturated rings. The molecule has 2 saturated heterocycles. The van der Waals surface area contributed by atoms with Crippen LogP contribution in [0.3, 0.4) is 0 Å². The number of nitrogens with zero attached hydrogens (tertiary/aromatic N) is 2. The second-order valence-corrected chi connectivity index (χ2v) is 8.69. The van der Waals surface area contributed by atoms with Crippen molar-refractivity contribution in [3.8, 4) is 0 Å². The third kappa shape index (κ3) is 6.16. The topological polar surface area (TPSA) is 176 Å². The molecule has 0 spiro atoms. The highest BCUT2D eigenvalue weighted by Gasteiger charge is 2.43. The van der Waals surface area contributed by atoms with Crippen molar-refractivity contribution in [3.05, 3.63) is 0 Å². The van der Waals surface area contributed by atoms with Crippen LogP contribution in [0.5, 0.6) is 0 Å². The normalized spacial score (nSPS) is 23.0. The summed E-state index contributed by atoms with van der Waals surface area (Å²) in [5.41, 5.74) is 11.1. The summed E-state index contributed by atoms with van der Waals surface area (Å²) < 4.78 is 0. The molecule has 0 aromatic heterocycles. The molecule has 0 radical (unpaired) electrons. The van der Waals surface area contributed by atoms with Gasteiger partial charge in [0.15, 0.2) is 0 Å². The number of carbonyl (C=O) groups is 5. The third-order valence-corrected chi connectivity index (χ3v) is 5.72. The molecule has 4 atom stereocenters. The van der Waals surface area contributed by atoms with Gasteiger partial charge in [-0.2, -0.15) is 0 Å². The van der Waals surface area contributed by atoms with Gasteiger partial charge in [-0.25, -0.2) is 4.79 Å². The minimum Gasteiger partial charge on any atom is -0.480 e. The van der Waals surface area contributed by atoms with Crippen molar-refractivity contribution in [2.24, 2.45) is 17.4 Å². The van der Waals surface area contributed by atoms with Crippen molar-refractivity contribution in [1.29, 1.82) is 0 Å². The summed E-state index contributed by atoms with van der Waals surface area (Å²) in [6, 6.07) is -3.68. The van der Waals surface area contributed by atoms with E-state index in [-0.39, 0.29) is 17.7 Å². The number of nitrogens with two attached hydrogens (primary N) is 2. The lowest BCUT2D eigenvalue weighted by Gasteiger charge is -2.32. The van der Waals surface area contributed by atoms with E-state index in [4.69, 9.17) is 11.5 Å². The second kappa shape index (κ2) is 10.6. The van der Waals surface area contributed by atoms with Crippen LogP contribution in [0.2, 0.25) is 0 Å². The minimum absolute atomic E-state index is 0.241. The zero-order valence-corrected chi connectivity index (χ0v) is 18.1. The molecule has 31 heavy (non-hydrogen) atoms. The first-order valence-corrected chi connectivity index (χ1v) is 10.7. The molecule has 0 aromatic rings. The lowest BCUT2D eigenvalue weighted by atomic mass is 10.0. The van der Waals surface area contributed by atoms with E-state index in [9.17, 15) is 29.1 Å². The molecule has 0 saturated carbocycles. The maximum Gasteiger partial charge on any atom is 0.326 e. The zero-order valence-electron chi connectivity index (χ0n) is 18.1. The Morgan fingerprint density at radius 1 is 1.03 bits per heavy atom. The maximum absolute atomic E-state index is 13.2. The molecule has 0 aliphatic carbocycles. The van der Waals surface area contributed by atoms with Crippen LogP contribution in [0.1, 0.15) is 52.4 Å². The largest absolute Gasteiger partial charge is 0.480 e. The van der Waals surface area contributed by atoms with Crippen molar-refractivity contribution < 1.29 is 29.1 Å². The molecule has 4 unspecified atom stereocenters. The molecule has 174 valence electrons. The molecule has 0 aromatic carbocycles. The predicted molar refractivity (Wildman–Crippen MR) is 110 cm³/mol. The van der Waals surface area contributed by atoms with E-state index in [2.05, 4.69) is 5.32 Å². The number of aliphatic carboxylic acids is 1. The number of carboxylic acids is 1. The van der Waals surface area contributed by atoms with Crippen molar-refractivity contribution in [3.63, 3.8) is 0 Å². The Hall–Kier alpha value is -2.69. The summed E-state index contributed by atoms with van der Waals surface area (Å²) in [6.45, 7) is 4.71. The minimum atomic E-state index is -1.46. The van der Waals surface area contributed by atoms with E-state index in [1.807, 2.05) is 13.8 Å². The van der Waals surface area contributed by atoms with Crippen molar-refractivity contribution in [1.82, 2.24) is 15.1 Å². The fourth-order valence-electron chi connectivity index (χ4n) is 4.27. The summed E-state index contributed by atoms with van der Waals surface area (Å²) in [7, 11) is 0. The molecule has 2 rings (SSSR count). The van der Waals surface area contributed by atoms with Gasteiger partial charge in [0, 0.05) is 13.1 Å². The van der Waals surface area contributed by atoms with Gasteiger partial charge in [0.2, 0.25) is 23.6 Å². The van der Waals surface area contributed by atoms with Crippen molar-refractivity contribution in [2.45, 2.75) is 76.5 Å². The fourth-order valence-corrected chi connectivity index (χ4v) is 4.27. The van der Waals surface area contributed by atoms with E-state index < -0.39 is 48.4 Å². The number of carboxylic acid groups (broad SMARTS) is 1. The van der Waals surface area contributed by atoms with E-state index in [0.29, 0.717) is 45.2 Å². The highest BCUT2D eigenvalue weighted by Crippen LogP contribution is 2.26. The van der Waals surface area contributed by atoms with Crippen LogP contribution in [-0.2, 0) is 24.0 Å². The number of primary amides is 1. The molecule has 2 heterocycles. The quantitative estimate of drug-likeness (QED) is 0.348. The van der Waals surface area contributed by atoms with Gasteiger partial charge < -0.3 is 31.7 Å². The van der Waals surface area contributed by atoms with Crippen LogP contribution in [0.15, 0.2) is 0 Å². The molecule has 11 heteroatoms. The Labute approximate surface area is 181 Å². The molecular formula is C20H33N5O6. The molecule has 2 aliphatic rings. The monoisotopic (exact) mass is 439 g/mol. The molecule has 0 bridgehead atoms. The molecular weight excluding hydrogens is 406 g/mol. The first kappa shape index (κ1) is 24.6. The summed E-state index contributed by atoms with van der Waals surface area (Å²) in [5.74, 6) is -3.24. The van der Waals surface area contributed by atoms with Crippen LogP contribution in [0, 0.1) is 5.92 Å². The van der Waals surface area contributed by atoms with Crippen LogP contribution >= 0.6 is 0 Å². The average Bonchev–Trinajstić information content (AvgIpc) is 3.34. The summed E-state index contributed by atoms with van der Waals surface area (Å²) in [4.78, 5) is 64.0.